The normalized spacial score (nSPS) is 14.9. The van der Waals surface area contributed by atoms with Crippen molar-refractivity contribution in [1.29, 1.82) is 0 Å². The summed E-state index contributed by atoms with van der Waals surface area (Å²) in [6, 6.07) is 10.6. The van der Waals surface area contributed by atoms with Crippen LogP contribution in [0.5, 0.6) is 0 Å². The summed E-state index contributed by atoms with van der Waals surface area (Å²) in [5.41, 5.74) is 0.816. The van der Waals surface area contributed by atoms with Crippen LogP contribution in [0.1, 0.15) is 40.9 Å². The van der Waals surface area contributed by atoms with Crippen LogP contribution in [0.25, 0.3) is 11.3 Å². The number of aryl methyl sites for hydroxylation is 1. The summed E-state index contributed by atoms with van der Waals surface area (Å²) in [4.78, 5) is 13.1. The van der Waals surface area contributed by atoms with E-state index in [-0.39, 0.29) is 39.0 Å². The third-order valence-corrected chi connectivity index (χ3v) is 7.85. The second kappa shape index (κ2) is 9.62. The average molecular weight is 492 g/mol. The molecule has 1 saturated heterocycles. The first-order chi connectivity index (χ1) is 15.8. The van der Waals surface area contributed by atoms with Crippen molar-refractivity contribution >= 4 is 27.5 Å². The molecule has 0 radical (unpaired) electrons. The SMILES string of the molecule is Cc1onc(-c2c(F)cccc2Cl)c1C(=O)NCc1ccc(S(=O)(=O)N2CCCCC2)cc1. The molecule has 33 heavy (non-hydrogen) atoms. The maximum Gasteiger partial charge on any atom is 0.257 e. The first kappa shape index (κ1) is 23.4. The van der Waals surface area contributed by atoms with Crippen LogP contribution in [0.2, 0.25) is 5.02 Å². The number of amides is 1. The van der Waals surface area contributed by atoms with Crippen molar-refractivity contribution in [3.05, 3.63) is 70.2 Å². The lowest BCUT2D eigenvalue weighted by molar-refractivity contribution is 0.0950. The van der Waals surface area contributed by atoms with Crippen molar-refractivity contribution in [2.75, 3.05) is 13.1 Å². The highest BCUT2D eigenvalue weighted by Crippen LogP contribution is 2.33. The largest absolute Gasteiger partial charge is 0.360 e. The van der Waals surface area contributed by atoms with Crippen molar-refractivity contribution in [1.82, 2.24) is 14.8 Å². The lowest BCUT2D eigenvalue weighted by Gasteiger charge is -2.25. The topological polar surface area (TPSA) is 92.5 Å². The molecule has 1 amide bonds. The third kappa shape index (κ3) is 4.80. The van der Waals surface area contributed by atoms with Crippen molar-refractivity contribution in [3.63, 3.8) is 0 Å². The summed E-state index contributed by atoms with van der Waals surface area (Å²) in [7, 11) is -3.52. The Hall–Kier alpha value is -2.75. The van der Waals surface area contributed by atoms with Crippen LogP contribution >= 0.6 is 11.6 Å². The Labute approximate surface area is 196 Å². The highest BCUT2D eigenvalue weighted by Gasteiger charge is 2.27. The molecule has 1 aliphatic heterocycles. The summed E-state index contributed by atoms with van der Waals surface area (Å²) in [6.07, 6.45) is 2.78. The van der Waals surface area contributed by atoms with Gasteiger partial charge in [-0.3, -0.25) is 4.79 Å². The molecule has 4 rings (SSSR count). The maximum atomic E-state index is 14.4. The molecule has 0 saturated carbocycles. The smallest absolute Gasteiger partial charge is 0.257 e. The lowest BCUT2D eigenvalue weighted by Crippen LogP contribution is -2.35. The standard InChI is InChI=1S/C23H23ClFN3O4S/c1-15-20(22(27-32-15)21-18(24)6-5-7-19(21)25)23(29)26-14-16-8-10-17(11-9-16)33(30,31)28-12-3-2-4-13-28/h5-11H,2-4,12-14H2,1H3,(H,26,29). The Kier molecular flexibility index (Phi) is 6.83. The fourth-order valence-corrected chi connectivity index (χ4v) is 5.61. The summed E-state index contributed by atoms with van der Waals surface area (Å²) >= 11 is 6.12. The van der Waals surface area contributed by atoms with Crippen LogP contribution in [0.4, 0.5) is 4.39 Å². The molecule has 2 aromatic carbocycles. The van der Waals surface area contributed by atoms with E-state index in [1.165, 1.54) is 22.5 Å². The molecule has 0 spiro atoms. The van der Waals surface area contributed by atoms with Crippen LogP contribution in [0.3, 0.4) is 0 Å². The predicted octanol–water partition coefficient (Wildman–Crippen LogP) is 4.55. The van der Waals surface area contributed by atoms with Crippen molar-refractivity contribution in [2.45, 2.75) is 37.6 Å². The molecule has 1 fully saturated rings. The van der Waals surface area contributed by atoms with Crippen molar-refractivity contribution in [2.24, 2.45) is 0 Å². The van der Waals surface area contributed by atoms with Gasteiger partial charge in [-0.1, -0.05) is 41.4 Å². The Balaban J connectivity index is 1.49. The number of nitrogens with zero attached hydrogens (tertiary/aromatic N) is 2. The molecule has 0 atom stereocenters. The summed E-state index contributed by atoms with van der Waals surface area (Å²) in [6.45, 7) is 2.76. The van der Waals surface area contributed by atoms with E-state index >= 15 is 0 Å². The Morgan fingerprint density at radius 2 is 1.85 bits per heavy atom. The average Bonchev–Trinajstić information content (AvgIpc) is 3.19. The number of carbonyl (C=O) groups is 1. The number of piperidine rings is 1. The first-order valence-electron chi connectivity index (χ1n) is 10.6. The number of carbonyl (C=O) groups excluding carboxylic acids is 1. The number of halogens is 2. The van der Waals surface area contributed by atoms with Crippen molar-refractivity contribution < 1.29 is 22.1 Å². The van der Waals surface area contributed by atoms with E-state index in [9.17, 15) is 17.6 Å². The highest BCUT2D eigenvalue weighted by molar-refractivity contribution is 7.89. The Morgan fingerprint density at radius 1 is 1.15 bits per heavy atom. The molecule has 0 aliphatic carbocycles. The number of nitrogens with one attached hydrogen (secondary N) is 1. The minimum Gasteiger partial charge on any atom is -0.360 e. The van der Waals surface area contributed by atoms with Gasteiger partial charge in [0.2, 0.25) is 10.0 Å². The van der Waals surface area contributed by atoms with E-state index in [4.69, 9.17) is 16.1 Å². The van der Waals surface area contributed by atoms with Gasteiger partial charge in [-0.2, -0.15) is 4.31 Å². The van der Waals surface area contributed by atoms with Gasteiger partial charge in [0.25, 0.3) is 5.91 Å². The minimum absolute atomic E-state index is 0.00608. The van der Waals surface area contributed by atoms with Gasteiger partial charge in [0.1, 0.15) is 22.8 Å². The van der Waals surface area contributed by atoms with Gasteiger partial charge in [0, 0.05) is 19.6 Å². The van der Waals surface area contributed by atoms with Crippen LogP contribution in [0.15, 0.2) is 51.9 Å². The van der Waals surface area contributed by atoms with Gasteiger partial charge < -0.3 is 9.84 Å². The van der Waals surface area contributed by atoms with E-state index in [1.54, 1.807) is 31.2 Å². The molecule has 1 aliphatic rings. The van der Waals surface area contributed by atoms with Crippen molar-refractivity contribution in [3.8, 4) is 11.3 Å². The maximum absolute atomic E-state index is 14.4. The van der Waals surface area contributed by atoms with E-state index in [1.807, 2.05) is 0 Å². The summed E-state index contributed by atoms with van der Waals surface area (Å²) < 4.78 is 46.6. The van der Waals surface area contributed by atoms with Crippen LogP contribution in [-0.2, 0) is 16.6 Å². The number of rotatable bonds is 6. The zero-order valence-electron chi connectivity index (χ0n) is 18.0. The van der Waals surface area contributed by atoms with Gasteiger partial charge in [0.15, 0.2) is 0 Å². The van der Waals surface area contributed by atoms with E-state index in [0.717, 1.165) is 19.3 Å². The van der Waals surface area contributed by atoms with Gasteiger partial charge >= 0.3 is 0 Å². The second-order valence-corrected chi connectivity index (χ2v) is 10.2. The van der Waals surface area contributed by atoms with Gasteiger partial charge in [0.05, 0.1) is 15.5 Å². The molecule has 7 nitrogen and oxygen atoms in total. The zero-order chi connectivity index (χ0) is 23.6. The van der Waals surface area contributed by atoms with Gasteiger partial charge in [-0.25, -0.2) is 12.8 Å². The number of aromatic nitrogens is 1. The molecule has 174 valence electrons. The van der Waals surface area contributed by atoms with Gasteiger partial charge in [-0.15, -0.1) is 0 Å². The third-order valence-electron chi connectivity index (χ3n) is 5.62. The molecule has 10 heteroatoms. The van der Waals surface area contributed by atoms with E-state index in [0.29, 0.717) is 18.7 Å². The Morgan fingerprint density at radius 3 is 2.52 bits per heavy atom. The van der Waals surface area contributed by atoms with Gasteiger partial charge in [-0.05, 0) is 49.6 Å². The molecular weight excluding hydrogens is 469 g/mol. The van der Waals surface area contributed by atoms with Crippen LogP contribution in [-0.4, -0.2) is 36.9 Å². The molecule has 0 bridgehead atoms. The monoisotopic (exact) mass is 491 g/mol. The summed E-state index contributed by atoms with van der Waals surface area (Å²) in [5.74, 6) is -0.895. The highest BCUT2D eigenvalue weighted by atomic mass is 35.5. The number of hydrogen-bond donors (Lipinski definition) is 1. The molecule has 2 heterocycles. The minimum atomic E-state index is -3.52. The first-order valence-corrected chi connectivity index (χ1v) is 12.4. The number of benzene rings is 2. The zero-order valence-corrected chi connectivity index (χ0v) is 19.5. The second-order valence-electron chi connectivity index (χ2n) is 7.85. The molecule has 0 unspecified atom stereocenters. The fraction of sp³-hybridized carbons (Fsp3) is 0.304. The number of sulfonamides is 1. The molecule has 1 N–H and O–H groups in total. The number of hydrogen-bond acceptors (Lipinski definition) is 5. The Bertz CT molecular complexity index is 1250. The summed E-state index contributed by atoms with van der Waals surface area (Å²) in [5, 5.41) is 6.70. The van der Waals surface area contributed by atoms with Crippen LogP contribution < -0.4 is 5.32 Å². The van der Waals surface area contributed by atoms with Crippen LogP contribution in [0, 0.1) is 12.7 Å². The molecule has 1 aromatic heterocycles. The molecule has 3 aromatic rings. The lowest BCUT2D eigenvalue weighted by atomic mass is 10.0. The predicted molar refractivity (Wildman–Crippen MR) is 122 cm³/mol. The quantitative estimate of drug-likeness (QED) is 0.546. The van der Waals surface area contributed by atoms with E-state index in [2.05, 4.69) is 10.5 Å². The van der Waals surface area contributed by atoms with E-state index < -0.39 is 21.7 Å². The molecular formula is C23H23ClFN3O4S. The fourth-order valence-electron chi connectivity index (χ4n) is 3.84.